The first kappa shape index (κ1) is 22.9. The van der Waals surface area contributed by atoms with Crippen molar-refractivity contribution in [2.75, 3.05) is 4.90 Å². The lowest BCUT2D eigenvalue weighted by Gasteiger charge is -2.31. The maximum Gasteiger partial charge on any atom is 0.227 e. The number of hydrogen-bond acceptors (Lipinski definition) is 5. The molecule has 1 amide bonds. The molecule has 0 saturated heterocycles. The Hall–Kier alpha value is -2.87. The molecule has 172 valence electrons. The molecule has 0 fully saturated rings. The molecule has 4 nitrogen and oxygen atoms in total. The van der Waals surface area contributed by atoms with E-state index in [4.69, 9.17) is 12.2 Å². The second-order valence-electron chi connectivity index (χ2n) is 8.28. The molecule has 2 heterocycles. The SMILES string of the molecule is O=C1CCc2c(Cc3sc(=S)[nH]c3O)cccc2N1Cc1ccc(CSc2ccccc2)cc1. The fourth-order valence-electron chi connectivity index (χ4n) is 4.25. The van der Waals surface area contributed by atoms with Gasteiger partial charge in [0.1, 0.15) is 0 Å². The first-order valence-corrected chi connectivity index (χ1v) is 13.4. The van der Waals surface area contributed by atoms with Crippen LogP contribution in [0.5, 0.6) is 5.88 Å². The Labute approximate surface area is 212 Å². The molecule has 5 rings (SSSR count). The van der Waals surface area contributed by atoms with Gasteiger partial charge in [-0.05, 0) is 59.1 Å². The predicted octanol–water partition coefficient (Wildman–Crippen LogP) is 6.87. The maximum atomic E-state index is 12.9. The lowest BCUT2D eigenvalue weighted by molar-refractivity contribution is -0.119. The van der Waals surface area contributed by atoms with Crippen molar-refractivity contribution in [3.05, 3.63) is 104 Å². The highest BCUT2D eigenvalue weighted by Crippen LogP contribution is 2.35. The van der Waals surface area contributed by atoms with Crippen molar-refractivity contribution in [2.45, 2.75) is 36.5 Å². The zero-order chi connectivity index (χ0) is 23.5. The number of benzene rings is 3. The summed E-state index contributed by atoms with van der Waals surface area (Å²) in [5, 5.41) is 10.1. The number of carbonyl (C=O) groups excluding carboxylic acids is 1. The average Bonchev–Trinajstić information content (AvgIpc) is 3.17. The van der Waals surface area contributed by atoms with E-state index in [1.54, 1.807) is 0 Å². The molecule has 1 aliphatic rings. The van der Waals surface area contributed by atoms with Crippen LogP contribution in [-0.4, -0.2) is 16.0 Å². The Kier molecular flexibility index (Phi) is 6.85. The molecule has 0 radical (unpaired) electrons. The van der Waals surface area contributed by atoms with E-state index >= 15 is 0 Å². The van der Waals surface area contributed by atoms with Crippen molar-refractivity contribution in [1.82, 2.24) is 4.98 Å². The van der Waals surface area contributed by atoms with E-state index in [1.807, 2.05) is 34.9 Å². The van der Waals surface area contributed by atoms with Gasteiger partial charge in [0.15, 0.2) is 3.95 Å². The molecular weight excluding hydrogens is 481 g/mol. The number of aromatic nitrogens is 1. The summed E-state index contributed by atoms with van der Waals surface area (Å²) in [6.45, 7) is 0.551. The number of aromatic amines is 1. The minimum atomic E-state index is 0.141. The number of fused-ring (bicyclic) bond motifs is 1. The van der Waals surface area contributed by atoms with Crippen molar-refractivity contribution >= 4 is 46.9 Å². The van der Waals surface area contributed by atoms with Gasteiger partial charge in [-0.25, -0.2) is 0 Å². The van der Waals surface area contributed by atoms with Crippen LogP contribution < -0.4 is 4.90 Å². The quantitative estimate of drug-likeness (QED) is 0.213. The summed E-state index contributed by atoms with van der Waals surface area (Å²) < 4.78 is 0.569. The van der Waals surface area contributed by atoms with Crippen molar-refractivity contribution in [3.8, 4) is 5.88 Å². The van der Waals surface area contributed by atoms with Crippen LogP contribution in [0.1, 0.15) is 33.6 Å². The van der Waals surface area contributed by atoms with Gasteiger partial charge in [0.2, 0.25) is 11.8 Å². The Morgan fingerprint density at radius 3 is 2.47 bits per heavy atom. The molecule has 0 bridgehead atoms. The van der Waals surface area contributed by atoms with Gasteiger partial charge in [-0.15, -0.1) is 23.1 Å². The summed E-state index contributed by atoms with van der Waals surface area (Å²) in [4.78, 5) is 19.7. The standard InChI is InChI=1S/C27H24N2O2S3/c30-25-14-13-22-20(15-24-26(31)28-27(32)34-24)5-4-8-23(22)29(25)16-18-9-11-19(12-10-18)17-33-21-6-2-1-3-7-21/h1-12,31H,13-17H2,(H,28,32). The van der Waals surface area contributed by atoms with Crippen LogP contribution in [0.15, 0.2) is 77.7 Å². The zero-order valence-corrected chi connectivity index (χ0v) is 20.9. The molecule has 3 aromatic carbocycles. The third-order valence-electron chi connectivity index (χ3n) is 5.99. The first-order valence-electron chi connectivity index (χ1n) is 11.1. The van der Waals surface area contributed by atoms with E-state index in [0.717, 1.165) is 27.4 Å². The van der Waals surface area contributed by atoms with Gasteiger partial charge in [-0.3, -0.25) is 4.79 Å². The van der Waals surface area contributed by atoms with Gasteiger partial charge in [0.25, 0.3) is 0 Å². The number of thiazole rings is 1. The number of aromatic hydroxyl groups is 1. The monoisotopic (exact) mass is 504 g/mol. The molecule has 0 saturated carbocycles. The third-order valence-corrected chi connectivity index (χ3v) is 8.30. The molecule has 1 aromatic heterocycles. The Morgan fingerprint density at radius 1 is 0.971 bits per heavy atom. The molecule has 34 heavy (non-hydrogen) atoms. The van der Waals surface area contributed by atoms with Crippen LogP contribution in [-0.2, 0) is 29.9 Å². The van der Waals surface area contributed by atoms with E-state index in [-0.39, 0.29) is 11.8 Å². The third kappa shape index (κ3) is 5.12. The second-order valence-corrected chi connectivity index (χ2v) is 11.1. The van der Waals surface area contributed by atoms with Crippen LogP contribution in [0.4, 0.5) is 5.69 Å². The van der Waals surface area contributed by atoms with Crippen LogP contribution in [0.2, 0.25) is 0 Å². The molecule has 7 heteroatoms. The van der Waals surface area contributed by atoms with Crippen molar-refractivity contribution in [2.24, 2.45) is 0 Å². The van der Waals surface area contributed by atoms with Crippen molar-refractivity contribution < 1.29 is 9.90 Å². The molecule has 0 aliphatic carbocycles. The van der Waals surface area contributed by atoms with Gasteiger partial charge < -0.3 is 15.0 Å². The summed E-state index contributed by atoms with van der Waals surface area (Å²) in [5.41, 5.74) is 5.65. The van der Waals surface area contributed by atoms with E-state index in [2.05, 4.69) is 59.6 Å². The van der Waals surface area contributed by atoms with Crippen LogP contribution in [0, 0.1) is 3.95 Å². The number of hydrogen-bond donors (Lipinski definition) is 2. The van der Waals surface area contributed by atoms with Crippen molar-refractivity contribution in [3.63, 3.8) is 0 Å². The van der Waals surface area contributed by atoms with Gasteiger partial charge in [-0.2, -0.15) is 0 Å². The predicted molar refractivity (Wildman–Crippen MR) is 142 cm³/mol. The number of nitrogens with zero attached hydrogens (tertiary/aromatic N) is 1. The number of amides is 1. The highest BCUT2D eigenvalue weighted by molar-refractivity contribution is 7.98. The summed E-state index contributed by atoms with van der Waals surface area (Å²) in [5.74, 6) is 1.20. The lowest BCUT2D eigenvalue weighted by atomic mass is 9.93. The summed E-state index contributed by atoms with van der Waals surface area (Å²) in [7, 11) is 0. The highest BCUT2D eigenvalue weighted by Gasteiger charge is 2.26. The lowest BCUT2D eigenvalue weighted by Crippen LogP contribution is -2.35. The minimum Gasteiger partial charge on any atom is -0.494 e. The van der Waals surface area contributed by atoms with Crippen molar-refractivity contribution in [1.29, 1.82) is 0 Å². The van der Waals surface area contributed by atoms with E-state index < -0.39 is 0 Å². The largest absolute Gasteiger partial charge is 0.494 e. The van der Waals surface area contributed by atoms with E-state index in [0.29, 0.717) is 29.8 Å². The fourth-order valence-corrected chi connectivity index (χ4v) is 6.28. The molecule has 1 aliphatic heterocycles. The van der Waals surface area contributed by atoms with E-state index in [9.17, 15) is 9.90 Å². The average molecular weight is 505 g/mol. The Bertz CT molecular complexity index is 1360. The molecule has 2 N–H and O–H groups in total. The number of rotatable bonds is 7. The van der Waals surface area contributed by atoms with Gasteiger partial charge in [-0.1, -0.05) is 54.6 Å². The summed E-state index contributed by atoms with van der Waals surface area (Å²) >= 11 is 8.38. The Morgan fingerprint density at radius 2 is 1.74 bits per heavy atom. The minimum absolute atomic E-state index is 0.141. The summed E-state index contributed by atoms with van der Waals surface area (Å²) in [6.07, 6.45) is 1.81. The smallest absolute Gasteiger partial charge is 0.227 e. The highest BCUT2D eigenvalue weighted by atomic mass is 32.2. The summed E-state index contributed by atoms with van der Waals surface area (Å²) in [6, 6.07) is 25.0. The first-order chi connectivity index (χ1) is 16.6. The van der Waals surface area contributed by atoms with E-state index in [1.165, 1.54) is 27.4 Å². The number of carbonyl (C=O) groups is 1. The number of nitrogens with one attached hydrogen (secondary N) is 1. The normalized spacial score (nSPS) is 13.2. The van der Waals surface area contributed by atoms with Gasteiger partial charge in [0.05, 0.1) is 11.4 Å². The second kappa shape index (κ2) is 10.2. The van der Waals surface area contributed by atoms with Crippen LogP contribution in [0.25, 0.3) is 0 Å². The molecular formula is C27H24N2O2S3. The molecule has 0 spiro atoms. The van der Waals surface area contributed by atoms with Gasteiger partial charge >= 0.3 is 0 Å². The molecule has 0 atom stereocenters. The number of anilines is 1. The zero-order valence-electron chi connectivity index (χ0n) is 18.5. The van der Waals surface area contributed by atoms with Crippen LogP contribution in [0.3, 0.4) is 0 Å². The number of thioether (sulfide) groups is 1. The molecule has 4 aromatic rings. The fraction of sp³-hybridized carbons (Fsp3) is 0.185. The maximum absolute atomic E-state index is 12.9. The Balaban J connectivity index is 1.32. The molecule has 0 unspecified atom stereocenters. The topological polar surface area (TPSA) is 56.3 Å². The van der Waals surface area contributed by atoms with Gasteiger partial charge in [0, 0.05) is 29.2 Å². The van der Waals surface area contributed by atoms with Crippen LogP contribution >= 0.6 is 35.3 Å². The number of H-pyrrole nitrogens is 1.